The number of carbonyl (C=O) groups is 11. The van der Waals surface area contributed by atoms with E-state index in [4.69, 9.17) is 14.2 Å². The van der Waals surface area contributed by atoms with Gasteiger partial charge >= 0.3 is 12.1 Å². The van der Waals surface area contributed by atoms with E-state index in [-0.39, 0.29) is 58.5 Å². The summed E-state index contributed by atoms with van der Waals surface area (Å²) < 4.78 is 16.5. The van der Waals surface area contributed by atoms with Crippen molar-refractivity contribution in [2.45, 2.75) is 175 Å². The molecule has 0 aromatic heterocycles. The second-order valence-electron chi connectivity index (χ2n) is 24.7. The fourth-order valence-electron chi connectivity index (χ4n) is 9.34. The predicted molar refractivity (Wildman–Crippen MR) is 376 cm³/mol. The lowest BCUT2D eigenvalue weighted by atomic mass is 9.96. The summed E-state index contributed by atoms with van der Waals surface area (Å²) in [7, 11) is 2.99. The molecule has 12 N–H and O–H groups in total. The lowest BCUT2D eigenvalue weighted by Crippen LogP contribution is -2.62. The maximum Gasteiger partial charge on any atom is 0.408 e. The van der Waals surface area contributed by atoms with Crippen LogP contribution in [0.15, 0.2) is 78.9 Å². The first-order valence-corrected chi connectivity index (χ1v) is 36.5. The van der Waals surface area contributed by atoms with Gasteiger partial charge in [0, 0.05) is 37.3 Å². The second-order valence-corrected chi connectivity index (χ2v) is 28.4. The van der Waals surface area contributed by atoms with Crippen LogP contribution in [-0.4, -0.2) is 199 Å². The number of aliphatic carboxylic acids is 1. The Labute approximate surface area is 582 Å². The van der Waals surface area contributed by atoms with Crippen LogP contribution in [0.25, 0.3) is 0 Å². The first-order chi connectivity index (χ1) is 46.0. The fourth-order valence-corrected chi connectivity index (χ4v) is 11.6. The Morgan fingerprint density at radius 1 is 0.505 bits per heavy atom. The summed E-state index contributed by atoms with van der Waals surface area (Å²) in [5.41, 5.74) is 3.02. The van der Waals surface area contributed by atoms with Crippen LogP contribution in [0.2, 0.25) is 0 Å². The third-order valence-electron chi connectivity index (χ3n) is 15.0. The van der Waals surface area contributed by atoms with E-state index in [0.717, 1.165) is 16.9 Å². The molecule has 0 radical (unpaired) electrons. The minimum absolute atomic E-state index is 0.0173. The van der Waals surface area contributed by atoms with Gasteiger partial charge in [-0.2, -0.15) is 11.8 Å². The number of aliphatic hydroxyl groups is 1. The number of aryl methyl sites for hydroxylation is 2. The second kappa shape index (κ2) is 44.5. The van der Waals surface area contributed by atoms with E-state index in [1.54, 1.807) is 139 Å². The largest absolute Gasteiger partial charge is 0.480 e. The number of thioether (sulfide) groups is 1. The number of benzene rings is 3. The molecule has 0 fully saturated rings. The molecular formula is C68H102N10O16S3. The van der Waals surface area contributed by atoms with Crippen molar-refractivity contribution >= 4 is 98.6 Å². The summed E-state index contributed by atoms with van der Waals surface area (Å²) >= 11 is 1.41. The molecule has 29 heteroatoms. The van der Waals surface area contributed by atoms with Gasteiger partial charge in [0.25, 0.3) is 0 Å². The van der Waals surface area contributed by atoms with E-state index in [1.807, 2.05) is 32.9 Å². The van der Waals surface area contributed by atoms with Gasteiger partial charge in [-0.25, -0.2) is 9.59 Å². The first-order valence-electron chi connectivity index (χ1n) is 32.6. The average molecular weight is 1410 g/mol. The molecule has 26 nitrogen and oxygen atoms in total. The van der Waals surface area contributed by atoms with Crippen LogP contribution in [0.1, 0.15) is 109 Å². The molecular weight excluding hydrogens is 1310 g/mol. The molecule has 10 amide bonds. The van der Waals surface area contributed by atoms with Crippen LogP contribution in [0, 0.1) is 25.7 Å². The number of hydrogen-bond acceptors (Lipinski definition) is 18. The Morgan fingerprint density at radius 3 is 1.48 bits per heavy atom. The standard InChI is InChI=1S/C68H102N10O16S3/c1-13-44(8)57(65(88)72-49(66(89)90)29-34-95-12)78-62(85)52(35-45-19-17-16-18-20-45)73-61(84)51(37-47-27-23-43(7)24-28-47)74-63(86)53(38-79)75-64(87)56(41(4)5)77-59(82)48(14-2)71-60(83)50(36-46-25-21-42(6)22-26-46)70-55(80)39-93-33-32-92-31-30-69-58(81)54(40-97-96-15-3)76-67(91)94-68(9,10)11/h16-28,41,44,48-54,56-57,79H,13-15,29-40H2,1-12H3,(H,69,81)(H,70,80)(H,71,83)(H,72,88)(H,73,84)(H,74,86)(H,75,87)(H,76,91)(H,77,82)(H,78,85)(H,89,90)/t44?,48-,49-,50-,51-,52-,53-,54-,56-,57-/m0/s1. The maximum absolute atomic E-state index is 14.7. The van der Waals surface area contributed by atoms with Crippen LogP contribution in [0.3, 0.4) is 0 Å². The minimum Gasteiger partial charge on any atom is -0.480 e. The molecule has 3 aromatic carbocycles. The van der Waals surface area contributed by atoms with Gasteiger partial charge in [0.2, 0.25) is 53.2 Å². The van der Waals surface area contributed by atoms with Gasteiger partial charge in [0.15, 0.2) is 0 Å². The Kier molecular flexibility index (Phi) is 38.4. The van der Waals surface area contributed by atoms with Crippen LogP contribution in [0.5, 0.6) is 0 Å². The van der Waals surface area contributed by atoms with Gasteiger partial charge in [-0.15, -0.1) is 0 Å². The fraction of sp³-hybridized carbons (Fsp3) is 0.574. The summed E-state index contributed by atoms with van der Waals surface area (Å²) in [6.45, 7) is 18.1. The number of amides is 10. The van der Waals surface area contributed by atoms with Gasteiger partial charge in [-0.3, -0.25) is 43.2 Å². The highest BCUT2D eigenvalue weighted by Crippen LogP contribution is 2.22. The Balaban J connectivity index is 1.75. The third kappa shape index (κ3) is 32.2. The summed E-state index contributed by atoms with van der Waals surface area (Å²) in [6.07, 6.45) is 1.48. The van der Waals surface area contributed by atoms with E-state index < -0.39 is 150 Å². The monoisotopic (exact) mass is 1410 g/mol. The zero-order valence-electron chi connectivity index (χ0n) is 57.8. The molecule has 0 spiro atoms. The number of carboxylic acids is 1. The topological polar surface area (TPSA) is 376 Å². The van der Waals surface area contributed by atoms with Crippen molar-refractivity contribution < 1.29 is 77.2 Å². The van der Waals surface area contributed by atoms with E-state index >= 15 is 0 Å². The Hall–Kier alpha value is -7.44. The molecule has 0 bridgehead atoms. The maximum atomic E-state index is 14.7. The van der Waals surface area contributed by atoms with Gasteiger partial charge < -0.3 is 77.6 Å². The molecule has 0 saturated carbocycles. The molecule has 0 aliphatic heterocycles. The molecule has 0 aliphatic rings. The third-order valence-corrected chi connectivity index (χ3v) is 18.2. The highest BCUT2D eigenvalue weighted by molar-refractivity contribution is 8.76. The molecule has 3 rings (SSSR count). The van der Waals surface area contributed by atoms with Crippen LogP contribution >= 0.6 is 33.3 Å². The Bertz CT molecular complexity index is 3000. The van der Waals surface area contributed by atoms with Crippen molar-refractivity contribution in [3.8, 4) is 0 Å². The lowest BCUT2D eigenvalue weighted by molar-refractivity contribution is -0.142. The normalized spacial score (nSPS) is 14.4. The summed E-state index contributed by atoms with van der Waals surface area (Å²) in [5.74, 6) is -7.58. The van der Waals surface area contributed by atoms with E-state index in [2.05, 4.69) is 53.2 Å². The van der Waals surface area contributed by atoms with Crippen LogP contribution < -0.4 is 53.2 Å². The first kappa shape index (κ1) is 83.8. The number of hydrogen-bond donors (Lipinski definition) is 12. The molecule has 0 saturated heterocycles. The molecule has 0 aliphatic carbocycles. The minimum atomic E-state index is -1.69. The van der Waals surface area contributed by atoms with Gasteiger partial charge in [0.1, 0.15) is 66.6 Å². The van der Waals surface area contributed by atoms with E-state index in [1.165, 1.54) is 22.6 Å². The van der Waals surface area contributed by atoms with Crippen molar-refractivity contribution in [2.24, 2.45) is 11.8 Å². The van der Waals surface area contributed by atoms with Crippen molar-refractivity contribution in [3.63, 3.8) is 0 Å². The van der Waals surface area contributed by atoms with Crippen molar-refractivity contribution in [1.82, 2.24) is 53.2 Å². The highest BCUT2D eigenvalue weighted by atomic mass is 33.1. The number of nitrogens with one attached hydrogen (secondary N) is 10. The lowest BCUT2D eigenvalue weighted by Gasteiger charge is -2.29. The smallest absolute Gasteiger partial charge is 0.408 e. The number of carboxylic acid groups (broad SMARTS) is 1. The van der Waals surface area contributed by atoms with E-state index in [9.17, 15) is 63.0 Å². The Morgan fingerprint density at radius 2 is 0.979 bits per heavy atom. The molecule has 10 atom stereocenters. The quantitative estimate of drug-likeness (QED) is 0.0284. The van der Waals surface area contributed by atoms with E-state index in [0.29, 0.717) is 34.6 Å². The molecule has 3 aromatic rings. The summed E-state index contributed by atoms with van der Waals surface area (Å²) in [6, 6.07) is 11.5. The zero-order valence-corrected chi connectivity index (χ0v) is 60.2. The number of carbonyl (C=O) groups excluding carboxylic acids is 10. The number of aliphatic hydroxyl groups excluding tert-OH is 1. The summed E-state index contributed by atoms with van der Waals surface area (Å²) in [5, 5.41) is 47.2. The van der Waals surface area contributed by atoms with Crippen molar-refractivity contribution in [3.05, 3.63) is 107 Å². The van der Waals surface area contributed by atoms with Crippen molar-refractivity contribution in [1.29, 1.82) is 0 Å². The zero-order chi connectivity index (χ0) is 72.2. The van der Waals surface area contributed by atoms with Gasteiger partial charge in [-0.05, 0) is 88.0 Å². The molecule has 0 heterocycles. The van der Waals surface area contributed by atoms with Crippen molar-refractivity contribution in [2.75, 3.05) is 63.1 Å². The number of rotatable bonds is 44. The SMILES string of the molecule is CCSSC[C@H](NC(=O)OC(C)(C)C)C(=O)NCCOCCOCC(=O)N[C@@H](Cc1ccc(C)cc1)C(=O)N[C@@H](CC)C(=O)N[C@H](C(=O)N[C@@H](CO)C(=O)N[C@@H](Cc1ccc(C)cc1)C(=O)N[C@@H](Cc1ccccc1)C(=O)N[C@H](C(=O)N[C@@H](CCSC)C(=O)O)C(C)CC)C(C)C. The molecule has 1 unspecified atom stereocenters. The average Bonchev–Trinajstić information content (AvgIpc) is 0.953. The van der Waals surface area contributed by atoms with Gasteiger partial charge in [0.05, 0.1) is 26.4 Å². The van der Waals surface area contributed by atoms with Crippen LogP contribution in [-0.2, 0) is 81.4 Å². The number of alkyl carbamates (subject to hydrolysis) is 1. The predicted octanol–water partition coefficient (Wildman–Crippen LogP) is 3.60. The highest BCUT2D eigenvalue weighted by Gasteiger charge is 2.37. The van der Waals surface area contributed by atoms with Gasteiger partial charge in [-0.1, -0.05) is 160 Å². The molecule has 538 valence electrons. The summed E-state index contributed by atoms with van der Waals surface area (Å²) in [4.78, 5) is 150. The van der Waals surface area contributed by atoms with Crippen LogP contribution in [0.4, 0.5) is 4.79 Å². The number of ether oxygens (including phenoxy) is 3. The molecule has 97 heavy (non-hydrogen) atoms.